The Balaban J connectivity index is 2.70. The Bertz CT molecular complexity index is 469. The van der Waals surface area contributed by atoms with E-state index in [1.54, 1.807) is 4.90 Å². The van der Waals surface area contributed by atoms with Crippen LogP contribution in [0, 0.1) is 0 Å². The van der Waals surface area contributed by atoms with E-state index < -0.39 is 30.2 Å². The van der Waals surface area contributed by atoms with Crippen LogP contribution in [0.25, 0.3) is 0 Å². The average molecular weight is 338 g/mol. The molecule has 0 aromatic carbocycles. The average Bonchev–Trinajstić information content (AvgIpc) is 2.29. The molecule has 0 saturated carbocycles. The number of aliphatic carboxylic acids is 1. The summed E-state index contributed by atoms with van der Waals surface area (Å²) in [6.45, 7) is 11.1. The van der Waals surface area contributed by atoms with E-state index in [1.165, 1.54) is 0 Å². The van der Waals surface area contributed by atoms with Crippen LogP contribution in [-0.2, 0) is 19.1 Å². The molecule has 6 nitrogen and oxygen atoms in total. The largest absolute Gasteiger partial charge is 0.480 e. The van der Waals surface area contributed by atoms with Gasteiger partial charge < -0.3 is 9.53 Å². The lowest BCUT2D eigenvalue weighted by molar-refractivity contribution is -0.144. The second-order valence-electron chi connectivity index (χ2n) is 7.11. The van der Waals surface area contributed by atoms with Gasteiger partial charge in [-0.2, -0.15) is 0 Å². The van der Waals surface area contributed by atoms with Gasteiger partial charge in [-0.15, -0.1) is 0 Å². The molecule has 1 N–H and O–H groups in total. The highest BCUT2D eigenvalue weighted by Gasteiger charge is 2.39. The van der Waals surface area contributed by atoms with Gasteiger partial charge in [0, 0.05) is 13.1 Å². The van der Waals surface area contributed by atoms with E-state index in [4.69, 9.17) is 4.43 Å². The first-order chi connectivity index (χ1) is 9.36. The molecule has 0 radical (unpaired) electrons. The van der Waals surface area contributed by atoms with E-state index in [1.807, 2.05) is 0 Å². The zero-order valence-corrected chi connectivity index (χ0v) is 15.4. The molecule has 21 heavy (non-hydrogen) atoms. The molecular formula is C13H27NO5SSi. The minimum absolute atomic E-state index is 0.0152. The van der Waals surface area contributed by atoms with Crippen molar-refractivity contribution in [2.75, 3.05) is 31.2 Å². The van der Waals surface area contributed by atoms with Gasteiger partial charge in [-0.1, -0.05) is 20.8 Å². The van der Waals surface area contributed by atoms with Crippen LogP contribution in [0.3, 0.4) is 0 Å². The summed E-state index contributed by atoms with van der Waals surface area (Å²) in [5, 5.41) is 9.41. The molecule has 1 heterocycles. The summed E-state index contributed by atoms with van der Waals surface area (Å²) in [4.78, 5) is 13.2. The molecule has 0 unspecified atom stereocenters. The molecule has 1 aliphatic heterocycles. The molecule has 0 aliphatic carbocycles. The SMILES string of the molecule is CC(C)(C)[Si](C)(C)OC[C@H](C(=O)O)N1CCS(=O)(=O)CC1. The van der Waals surface area contributed by atoms with E-state index in [-0.39, 0.29) is 36.2 Å². The van der Waals surface area contributed by atoms with Gasteiger partial charge in [0.1, 0.15) is 6.04 Å². The Hall–Kier alpha value is -0.443. The Morgan fingerprint density at radius 1 is 1.29 bits per heavy atom. The number of hydrogen-bond acceptors (Lipinski definition) is 5. The molecule has 1 saturated heterocycles. The highest BCUT2D eigenvalue weighted by molar-refractivity contribution is 7.91. The number of rotatable bonds is 5. The second-order valence-corrected chi connectivity index (χ2v) is 14.2. The first kappa shape index (κ1) is 18.6. The van der Waals surface area contributed by atoms with E-state index in [9.17, 15) is 18.3 Å². The summed E-state index contributed by atoms with van der Waals surface area (Å²) in [6, 6.07) is -0.769. The third-order valence-electron chi connectivity index (χ3n) is 4.51. The lowest BCUT2D eigenvalue weighted by atomic mass is 10.2. The third-order valence-corrected chi connectivity index (χ3v) is 10.6. The van der Waals surface area contributed by atoms with Crippen LogP contribution in [0.1, 0.15) is 20.8 Å². The van der Waals surface area contributed by atoms with Crippen molar-refractivity contribution >= 4 is 24.1 Å². The van der Waals surface area contributed by atoms with Gasteiger partial charge in [0.25, 0.3) is 0 Å². The van der Waals surface area contributed by atoms with E-state index in [0.29, 0.717) is 0 Å². The maximum atomic E-state index is 11.5. The fourth-order valence-electron chi connectivity index (χ4n) is 1.87. The standard InChI is InChI=1S/C13H27NO5SSi/c1-13(2,3)21(4,5)19-10-11(12(15)16)14-6-8-20(17,18)9-7-14/h11H,6-10H2,1-5H3,(H,15,16)/t11-/m1/s1. The number of nitrogens with zero attached hydrogens (tertiary/aromatic N) is 1. The maximum Gasteiger partial charge on any atom is 0.323 e. The fraction of sp³-hybridized carbons (Fsp3) is 0.923. The van der Waals surface area contributed by atoms with Crippen molar-refractivity contribution in [2.45, 2.75) is 44.9 Å². The fourth-order valence-corrected chi connectivity index (χ4v) is 4.11. The van der Waals surface area contributed by atoms with Crippen LogP contribution < -0.4 is 0 Å². The second kappa shape index (κ2) is 6.35. The number of carboxylic acid groups (broad SMARTS) is 1. The van der Waals surface area contributed by atoms with Gasteiger partial charge in [0.05, 0.1) is 18.1 Å². The zero-order valence-electron chi connectivity index (χ0n) is 13.5. The van der Waals surface area contributed by atoms with Crippen LogP contribution in [0.4, 0.5) is 0 Å². The van der Waals surface area contributed by atoms with E-state index in [2.05, 4.69) is 33.9 Å². The van der Waals surface area contributed by atoms with Crippen LogP contribution in [0.2, 0.25) is 18.1 Å². The van der Waals surface area contributed by atoms with E-state index in [0.717, 1.165) is 0 Å². The predicted octanol–water partition coefficient (Wildman–Crippen LogP) is 1.19. The van der Waals surface area contributed by atoms with Crippen LogP contribution in [-0.4, -0.2) is 70.0 Å². The summed E-state index contributed by atoms with van der Waals surface area (Å²) >= 11 is 0. The van der Waals surface area contributed by atoms with E-state index >= 15 is 0 Å². The predicted molar refractivity (Wildman–Crippen MR) is 84.8 cm³/mol. The summed E-state index contributed by atoms with van der Waals surface area (Å²) in [6.07, 6.45) is 0. The van der Waals surface area contributed by atoms with Gasteiger partial charge in [-0.25, -0.2) is 8.42 Å². The molecule has 124 valence electrons. The van der Waals surface area contributed by atoms with Crippen molar-refractivity contribution in [3.63, 3.8) is 0 Å². The van der Waals surface area contributed by atoms with Gasteiger partial charge in [-0.3, -0.25) is 9.69 Å². The normalized spacial score (nSPS) is 22.0. The minimum atomic E-state index is -3.01. The zero-order chi connectivity index (χ0) is 16.5. The maximum absolute atomic E-state index is 11.5. The van der Waals surface area contributed by atoms with Crippen molar-refractivity contribution in [1.29, 1.82) is 0 Å². The lowest BCUT2D eigenvalue weighted by Crippen LogP contribution is -2.53. The Kier molecular flexibility index (Phi) is 5.63. The number of hydrogen-bond donors (Lipinski definition) is 1. The number of carbonyl (C=O) groups is 1. The lowest BCUT2D eigenvalue weighted by Gasteiger charge is -2.39. The van der Waals surface area contributed by atoms with Crippen molar-refractivity contribution in [3.05, 3.63) is 0 Å². The molecule has 0 aromatic heterocycles. The molecular weight excluding hydrogens is 310 g/mol. The quantitative estimate of drug-likeness (QED) is 0.759. The van der Waals surface area contributed by atoms with Gasteiger partial charge in [0.15, 0.2) is 18.2 Å². The van der Waals surface area contributed by atoms with Crippen LogP contribution in [0.5, 0.6) is 0 Å². The molecule has 8 heteroatoms. The third kappa shape index (κ3) is 5.05. The number of carboxylic acids is 1. The summed E-state index contributed by atoms with van der Waals surface area (Å²) in [7, 11) is -5.02. The number of sulfone groups is 1. The molecule has 0 aromatic rings. The highest BCUT2D eigenvalue weighted by atomic mass is 32.2. The summed E-state index contributed by atoms with van der Waals surface area (Å²) in [5.41, 5.74) is 0. The van der Waals surface area contributed by atoms with Crippen molar-refractivity contribution < 1.29 is 22.7 Å². The molecule has 1 aliphatic rings. The van der Waals surface area contributed by atoms with Gasteiger partial charge >= 0.3 is 5.97 Å². The summed E-state index contributed by atoms with van der Waals surface area (Å²) in [5.74, 6) is -0.902. The molecule has 1 rings (SSSR count). The van der Waals surface area contributed by atoms with Crippen molar-refractivity contribution in [1.82, 2.24) is 4.90 Å². The van der Waals surface area contributed by atoms with Crippen LogP contribution in [0.15, 0.2) is 0 Å². The molecule has 0 spiro atoms. The Labute approximate surface area is 128 Å². The van der Waals surface area contributed by atoms with Gasteiger partial charge in [0.2, 0.25) is 0 Å². The smallest absolute Gasteiger partial charge is 0.323 e. The monoisotopic (exact) mass is 337 g/mol. The Morgan fingerprint density at radius 3 is 2.14 bits per heavy atom. The topological polar surface area (TPSA) is 83.9 Å². The Morgan fingerprint density at radius 2 is 1.76 bits per heavy atom. The molecule has 1 atom stereocenters. The molecule has 0 bridgehead atoms. The van der Waals surface area contributed by atoms with Gasteiger partial charge in [-0.05, 0) is 18.1 Å². The first-order valence-electron chi connectivity index (χ1n) is 7.17. The molecule has 0 amide bonds. The van der Waals surface area contributed by atoms with Crippen molar-refractivity contribution in [2.24, 2.45) is 0 Å². The molecule has 1 fully saturated rings. The first-order valence-corrected chi connectivity index (χ1v) is 11.9. The van der Waals surface area contributed by atoms with Crippen molar-refractivity contribution in [3.8, 4) is 0 Å². The minimum Gasteiger partial charge on any atom is -0.480 e. The summed E-state index contributed by atoms with van der Waals surface area (Å²) < 4.78 is 28.9. The highest BCUT2D eigenvalue weighted by Crippen LogP contribution is 2.36. The van der Waals surface area contributed by atoms with Crippen LogP contribution >= 0.6 is 0 Å².